The number of alkyl halides is 6. The van der Waals surface area contributed by atoms with Gasteiger partial charge >= 0.3 is 12.3 Å². The highest BCUT2D eigenvalue weighted by molar-refractivity contribution is 4.59. The number of halogens is 6. The molecule has 0 unspecified atom stereocenters. The van der Waals surface area contributed by atoms with Gasteiger partial charge in [-0.2, -0.15) is 22.0 Å². The molecule has 68 valence electrons. The minimum atomic E-state index is -5.06. The van der Waals surface area contributed by atoms with E-state index in [4.69, 9.17) is 0 Å². The smallest absolute Gasteiger partial charge is 0.288 e. The minimum absolute atomic E-state index is 1.94. The van der Waals surface area contributed by atoms with Crippen molar-refractivity contribution in [1.82, 2.24) is 0 Å². The van der Waals surface area contributed by atoms with Crippen LogP contribution < -0.4 is 0 Å². The van der Waals surface area contributed by atoms with E-state index in [2.05, 4.69) is 4.74 Å². The van der Waals surface area contributed by atoms with Crippen LogP contribution in [0.5, 0.6) is 0 Å². The second-order valence-electron chi connectivity index (χ2n) is 1.68. The van der Waals surface area contributed by atoms with Gasteiger partial charge in [-0.05, 0) is 0 Å². The molecule has 1 nitrogen and oxygen atoms in total. The lowest BCUT2D eigenvalue weighted by molar-refractivity contribution is -0.303. The average molecular weight is 182 g/mol. The van der Waals surface area contributed by atoms with Crippen molar-refractivity contribution in [3.8, 4) is 0 Å². The monoisotopic (exact) mass is 182 g/mol. The maximum absolute atomic E-state index is 11.7. The van der Waals surface area contributed by atoms with E-state index in [9.17, 15) is 26.3 Å². The molecule has 0 aromatic rings. The largest absolute Gasteiger partial charge is 0.397 e. The van der Waals surface area contributed by atoms with Crippen LogP contribution in [0.3, 0.4) is 0 Å². The van der Waals surface area contributed by atoms with Gasteiger partial charge in [-0.15, -0.1) is 0 Å². The number of hydrogen-bond acceptors (Lipinski definition) is 1. The quantitative estimate of drug-likeness (QED) is 0.609. The summed E-state index contributed by atoms with van der Waals surface area (Å²) in [7, 11) is 0. The van der Waals surface area contributed by atoms with E-state index in [1.165, 1.54) is 0 Å². The Balaban J connectivity index is 3.91. The lowest BCUT2D eigenvalue weighted by Crippen LogP contribution is -2.28. The predicted octanol–water partition coefficient (Wildman–Crippen LogP) is 2.48. The third kappa shape index (κ3) is 5.96. The Labute approximate surface area is 57.9 Å². The molecule has 0 aliphatic heterocycles. The van der Waals surface area contributed by atoms with Crippen molar-refractivity contribution in [3.63, 3.8) is 0 Å². The molecule has 0 saturated heterocycles. The number of ether oxygens (including phenoxy) is 1. The maximum atomic E-state index is 11.7. The molecule has 0 aliphatic carbocycles. The molecule has 11 heavy (non-hydrogen) atoms. The average Bonchev–Trinajstić information content (AvgIpc) is 1.55. The molecular weight excluding hydrogens is 178 g/mol. The molecule has 0 rings (SSSR count). The second-order valence-corrected chi connectivity index (χ2v) is 1.68. The Morgan fingerprint density at radius 3 is 1.73 bits per heavy atom. The van der Waals surface area contributed by atoms with Crippen LogP contribution in [0, 0.1) is 0 Å². The Kier molecular flexibility index (Phi) is 3.15. The standard InChI is InChI=1S/C4H4F6O/c5-2-11-4(9,10)1-3(6,7)8/h1-2H2. The molecule has 0 amide bonds. The molecular formula is C4H4F6O. The molecule has 7 heteroatoms. The van der Waals surface area contributed by atoms with Crippen LogP contribution in [0.1, 0.15) is 6.42 Å². The van der Waals surface area contributed by atoms with Crippen molar-refractivity contribution >= 4 is 0 Å². The van der Waals surface area contributed by atoms with Crippen molar-refractivity contribution in [1.29, 1.82) is 0 Å². The maximum Gasteiger partial charge on any atom is 0.397 e. The SMILES string of the molecule is FCOC(F)(F)CC(F)(F)F. The van der Waals surface area contributed by atoms with Gasteiger partial charge in [0, 0.05) is 0 Å². The summed E-state index contributed by atoms with van der Waals surface area (Å²) in [6, 6.07) is 0. The van der Waals surface area contributed by atoms with Crippen molar-refractivity contribution in [2.45, 2.75) is 18.7 Å². The highest BCUT2D eigenvalue weighted by atomic mass is 19.4. The lowest BCUT2D eigenvalue weighted by Gasteiger charge is -2.15. The molecule has 0 heterocycles. The van der Waals surface area contributed by atoms with Gasteiger partial charge < -0.3 is 0 Å². The summed E-state index contributed by atoms with van der Waals surface area (Å²) in [6.45, 7) is -1.94. The van der Waals surface area contributed by atoms with Crippen LogP contribution in [-0.4, -0.2) is 19.1 Å². The number of rotatable bonds is 3. The van der Waals surface area contributed by atoms with Crippen molar-refractivity contribution in [2.75, 3.05) is 6.86 Å². The summed E-state index contributed by atoms with van der Waals surface area (Å²) in [5.41, 5.74) is 0. The first-order valence-corrected chi connectivity index (χ1v) is 2.41. The summed E-state index contributed by atoms with van der Waals surface area (Å²) in [5, 5.41) is 0. The van der Waals surface area contributed by atoms with Gasteiger partial charge in [0.15, 0.2) is 6.86 Å². The molecule has 0 aromatic carbocycles. The third-order valence-electron chi connectivity index (χ3n) is 0.672. The van der Waals surface area contributed by atoms with Gasteiger partial charge in [0.2, 0.25) is 0 Å². The van der Waals surface area contributed by atoms with Crippen molar-refractivity contribution in [3.05, 3.63) is 0 Å². The summed E-state index contributed by atoms with van der Waals surface area (Å²) in [6.07, 6.45) is -12.0. The van der Waals surface area contributed by atoms with Gasteiger partial charge in [-0.3, -0.25) is 4.74 Å². The van der Waals surface area contributed by atoms with Crippen LogP contribution in [0.25, 0.3) is 0 Å². The normalized spacial score (nSPS) is 13.6. The van der Waals surface area contributed by atoms with E-state index < -0.39 is 25.6 Å². The summed E-state index contributed by atoms with van der Waals surface area (Å²) >= 11 is 0. The fourth-order valence-electron chi connectivity index (χ4n) is 0.364. The van der Waals surface area contributed by atoms with Gasteiger partial charge in [-0.1, -0.05) is 0 Å². The van der Waals surface area contributed by atoms with E-state index in [0.717, 1.165) is 0 Å². The summed E-state index contributed by atoms with van der Waals surface area (Å²) in [4.78, 5) is 0. The zero-order chi connectivity index (χ0) is 9.12. The molecule has 0 atom stereocenters. The Bertz CT molecular complexity index is 118. The van der Waals surface area contributed by atoms with E-state index in [1.54, 1.807) is 0 Å². The van der Waals surface area contributed by atoms with E-state index in [-0.39, 0.29) is 0 Å². The van der Waals surface area contributed by atoms with E-state index in [1.807, 2.05) is 0 Å². The van der Waals surface area contributed by atoms with Gasteiger partial charge in [0.1, 0.15) is 6.42 Å². The van der Waals surface area contributed by atoms with Crippen LogP contribution >= 0.6 is 0 Å². The molecule has 0 aliphatic rings. The van der Waals surface area contributed by atoms with Crippen LogP contribution in [-0.2, 0) is 4.74 Å². The molecule has 0 aromatic heterocycles. The molecule has 0 fully saturated rings. The fraction of sp³-hybridized carbons (Fsp3) is 1.00. The zero-order valence-corrected chi connectivity index (χ0v) is 5.09. The highest BCUT2D eigenvalue weighted by Gasteiger charge is 2.44. The molecule has 0 spiro atoms. The molecule has 0 N–H and O–H groups in total. The van der Waals surface area contributed by atoms with Crippen LogP contribution in [0.15, 0.2) is 0 Å². The number of hydrogen-bond donors (Lipinski definition) is 0. The molecule has 0 bridgehead atoms. The van der Waals surface area contributed by atoms with Crippen LogP contribution in [0.4, 0.5) is 26.3 Å². The molecule has 0 radical (unpaired) electrons. The van der Waals surface area contributed by atoms with Gasteiger partial charge in [0.25, 0.3) is 0 Å². The highest BCUT2D eigenvalue weighted by Crippen LogP contribution is 2.32. The lowest BCUT2D eigenvalue weighted by atomic mass is 10.4. The first kappa shape index (κ1) is 10.5. The first-order chi connectivity index (χ1) is 4.77. The summed E-state index contributed by atoms with van der Waals surface area (Å²) in [5.74, 6) is 0. The predicted molar refractivity (Wildman–Crippen MR) is 22.7 cm³/mol. The Hall–Kier alpha value is -0.460. The Morgan fingerprint density at radius 2 is 1.45 bits per heavy atom. The minimum Gasteiger partial charge on any atom is -0.288 e. The molecule has 0 saturated carbocycles. The van der Waals surface area contributed by atoms with Crippen molar-refractivity contribution < 1.29 is 31.1 Å². The second kappa shape index (κ2) is 3.29. The van der Waals surface area contributed by atoms with E-state index in [0.29, 0.717) is 0 Å². The third-order valence-corrected chi connectivity index (χ3v) is 0.672. The topological polar surface area (TPSA) is 9.23 Å². The fourth-order valence-corrected chi connectivity index (χ4v) is 0.364. The van der Waals surface area contributed by atoms with E-state index >= 15 is 0 Å². The van der Waals surface area contributed by atoms with Crippen molar-refractivity contribution in [2.24, 2.45) is 0 Å². The van der Waals surface area contributed by atoms with Gasteiger partial charge in [0.05, 0.1) is 0 Å². The van der Waals surface area contributed by atoms with Gasteiger partial charge in [-0.25, -0.2) is 4.39 Å². The van der Waals surface area contributed by atoms with Crippen LogP contribution in [0.2, 0.25) is 0 Å². The Morgan fingerprint density at radius 1 is 1.00 bits per heavy atom. The first-order valence-electron chi connectivity index (χ1n) is 2.41. The summed E-state index contributed by atoms with van der Waals surface area (Å²) < 4.78 is 70.9. The zero-order valence-electron chi connectivity index (χ0n) is 5.09.